The van der Waals surface area contributed by atoms with E-state index in [4.69, 9.17) is 0 Å². The van der Waals surface area contributed by atoms with E-state index in [1.165, 1.54) is 28.9 Å². The van der Waals surface area contributed by atoms with Crippen LogP contribution in [-0.4, -0.2) is 26.5 Å². The van der Waals surface area contributed by atoms with Gasteiger partial charge in [0.1, 0.15) is 11.4 Å². The molecule has 1 aliphatic heterocycles. The van der Waals surface area contributed by atoms with Crippen molar-refractivity contribution in [2.24, 2.45) is 0 Å². The molecule has 0 atom stereocenters. The number of carbonyl (C=O) groups is 2. The highest BCUT2D eigenvalue weighted by molar-refractivity contribution is 6.44. The van der Waals surface area contributed by atoms with Crippen LogP contribution in [0.25, 0.3) is 17.0 Å². The minimum Gasteiger partial charge on any atom is -0.295 e. The molecule has 0 spiro atoms. The summed E-state index contributed by atoms with van der Waals surface area (Å²) in [5.41, 5.74) is 4.41. The second-order valence-corrected chi connectivity index (χ2v) is 9.31. The third kappa shape index (κ3) is 4.10. The molecule has 4 aromatic rings. The molecule has 0 aliphatic carbocycles. The van der Waals surface area contributed by atoms with Crippen LogP contribution in [0, 0.1) is 33.5 Å². The van der Waals surface area contributed by atoms with E-state index in [1.807, 2.05) is 45.0 Å². The maximum atomic E-state index is 13.8. The van der Waals surface area contributed by atoms with E-state index in [2.05, 4.69) is 5.10 Å². The van der Waals surface area contributed by atoms with Crippen LogP contribution in [-0.2, 0) is 16.1 Å². The molecule has 0 radical (unpaired) electrons. The fraction of sp³-hybridized carbons (Fsp3) is 0.172. The van der Waals surface area contributed by atoms with Gasteiger partial charge < -0.3 is 0 Å². The number of aromatic amines is 1. The van der Waals surface area contributed by atoms with Gasteiger partial charge in [-0.1, -0.05) is 24.3 Å². The summed E-state index contributed by atoms with van der Waals surface area (Å²) >= 11 is 0. The lowest BCUT2D eigenvalue weighted by Gasteiger charge is -2.13. The molecule has 37 heavy (non-hydrogen) atoms. The monoisotopic (exact) mass is 497 g/mol. The zero-order chi connectivity index (χ0) is 26.4. The highest BCUT2D eigenvalue weighted by atomic mass is 19.1. The average Bonchev–Trinajstić information content (AvgIpc) is 3.28. The molecule has 186 valence electrons. The zero-order valence-corrected chi connectivity index (χ0v) is 21.0. The molecule has 8 heteroatoms. The summed E-state index contributed by atoms with van der Waals surface area (Å²) in [7, 11) is 0. The minimum absolute atomic E-state index is 0.0329. The van der Waals surface area contributed by atoms with Crippen molar-refractivity contribution in [2.75, 3.05) is 0 Å². The summed E-state index contributed by atoms with van der Waals surface area (Å²) in [6.07, 6.45) is 3.42. The van der Waals surface area contributed by atoms with Crippen molar-refractivity contribution in [1.29, 1.82) is 0 Å². The molecule has 1 N–H and O–H groups in total. The number of amides is 2. The summed E-state index contributed by atoms with van der Waals surface area (Å²) in [6, 6.07) is 14.9. The van der Waals surface area contributed by atoms with Crippen LogP contribution in [0.4, 0.5) is 4.39 Å². The Bertz CT molecular complexity index is 1660. The molecule has 0 saturated heterocycles. The van der Waals surface area contributed by atoms with Gasteiger partial charge in [0, 0.05) is 17.3 Å². The third-order valence-electron chi connectivity index (χ3n) is 6.74. The lowest BCUT2D eigenvalue weighted by Crippen LogP contribution is -2.39. The van der Waals surface area contributed by atoms with Crippen molar-refractivity contribution in [2.45, 2.75) is 34.2 Å². The Morgan fingerprint density at radius 3 is 2.32 bits per heavy atom. The first-order valence-corrected chi connectivity index (χ1v) is 11.9. The maximum Gasteiger partial charge on any atom is 0.327 e. The van der Waals surface area contributed by atoms with Gasteiger partial charge in [0.25, 0.3) is 17.2 Å². The molecule has 0 saturated carbocycles. The van der Waals surface area contributed by atoms with Gasteiger partial charge >= 0.3 is 5.91 Å². The van der Waals surface area contributed by atoms with Gasteiger partial charge in [-0.25, -0.2) is 9.07 Å². The van der Waals surface area contributed by atoms with E-state index in [9.17, 15) is 18.8 Å². The maximum absolute atomic E-state index is 13.8. The topological polar surface area (TPSA) is 79.1 Å². The number of aromatic nitrogens is 3. The quantitative estimate of drug-likeness (QED) is 0.337. The standard InChI is InChI=1S/C29H25FN4O3/c1-17-7-6-14-32(15-17)26-25(27(35)33(29(26)37)16-21-10-12-22(30)13-11-21)24-20(4)31-34(28(24)36)23-9-5-8-18(2)19(23)3/h5-15H,16H2,1-4H3/p+1. The highest BCUT2D eigenvalue weighted by Gasteiger charge is 2.47. The molecule has 2 amide bonds. The molecule has 0 fully saturated rings. The summed E-state index contributed by atoms with van der Waals surface area (Å²) in [4.78, 5) is 42.4. The van der Waals surface area contributed by atoms with E-state index in [-0.39, 0.29) is 23.4 Å². The lowest BCUT2D eigenvalue weighted by molar-refractivity contribution is -0.577. The van der Waals surface area contributed by atoms with Crippen LogP contribution < -0.4 is 10.1 Å². The number of imide groups is 1. The molecule has 0 unspecified atom stereocenters. The number of hydrogen-bond donors (Lipinski definition) is 1. The number of benzene rings is 2. The molecule has 3 heterocycles. The van der Waals surface area contributed by atoms with Gasteiger partial charge in [0.05, 0.1) is 17.8 Å². The number of halogens is 1. The molecular weight excluding hydrogens is 471 g/mol. The molecule has 1 aliphatic rings. The summed E-state index contributed by atoms with van der Waals surface area (Å²) in [5.74, 6) is -1.52. The number of pyridine rings is 1. The Kier molecular flexibility index (Phi) is 5.95. The smallest absolute Gasteiger partial charge is 0.295 e. The first-order chi connectivity index (χ1) is 17.7. The molecule has 0 bridgehead atoms. The van der Waals surface area contributed by atoms with Crippen LogP contribution in [0.5, 0.6) is 0 Å². The van der Waals surface area contributed by atoms with Crippen LogP contribution in [0.15, 0.2) is 71.8 Å². The predicted octanol–water partition coefficient (Wildman–Crippen LogP) is 3.76. The first kappa shape index (κ1) is 24.1. The van der Waals surface area contributed by atoms with Gasteiger partial charge in [-0.05, 0) is 68.7 Å². The fourth-order valence-corrected chi connectivity index (χ4v) is 4.66. The number of nitrogens with zero attached hydrogens (tertiary/aromatic N) is 3. The van der Waals surface area contributed by atoms with Crippen LogP contribution >= 0.6 is 0 Å². The first-order valence-electron chi connectivity index (χ1n) is 11.9. The third-order valence-corrected chi connectivity index (χ3v) is 6.74. The number of aryl methyl sites for hydroxylation is 3. The van der Waals surface area contributed by atoms with Crippen molar-refractivity contribution in [1.82, 2.24) is 14.7 Å². The second kappa shape index (κ2) is 9.13. The molecule has 2 aromatic heterocycles. The number of carbonyl (C=O) groups excluding carboxylic acids is 2. The summed E-state index contributed by atoms with van der Waals surface area (Å²) in [6.45, 7) is 7.43. The lowest BCUT2D eigenvalue weighted by atomic mass is 10.0. The Morgan fingerprint density at radius 2 is 1.62 bits per heavy atom. The van der Waals surface area contributed by atoms with Gasteiger partial charge in [0.2, 0.25) is 0 Å². The Hall–Kier alpha value is -4.59. The Balaban J connectivity index is 1.70. The normalized spacial score (nSPS) is 13.7. The second-order valence-electron chi connectivity index (χ2n) is 9.31. The highest BCUT2D eigenvalue weighted by Crippen LogP contribution is 2.31. The number of nitrogens with one attached hydrogen (secondary N) is 1. The van der Waals surface area contributed by atoms with Gasteiger partial charge in [-0.2, -0.15) is 4.57 Å². The van der Waals surface area contributed by atoms with Crippen LogP contribution in [0.1, 0.15) is 33.5 Å². The average molecular weight is 498 g/mol. The molecular formula is C29H26FN4O3+. The van der Waals surface area contributed by atoms with Crippen molar-refractivity contribution in [3.8, 4) is 5.69 Å². The largest absolute Gasteiger partial charge is 0.327 e. The summed E-state index contributed by atoms with van der Waals surface area (Å²) < 4.78 is 16.4. The molecule has 2 aromatic carbocycles. The van der Waals surface area contributed by atoms with E-state index < -0.39 is 23.2 Å². The van der Waals surface area contributed by atoms with E-state index >= 15 is 0 Å². The van der Waals surface area contributed by atoms with Gasteiger partial charge in [-0.15, -0.1) is 0 Å². The van der Waals surface area contributed by atoms with E-state index in [1.54, 1.807) is 30.0 Å². The number of rotatable bonds is 5. The Morgan fingerprint density at radius 1 is 0.892 bits per heavy atom. The van der Waals surface area contributed by atoms with Crippen molar-refractivity contribution >= 4 is 23.1 Å². The van der Waals surface area contributed by atoms with Crippen molar-refractivity contribution in [3.05, 3.63) is 117 Å². The fourth-order valence-electron chi connectivity index (χ4n) is 4.66. The molecule has 5 rings (SSSR count). The van der Waals surface area contributed by atoms with Crippen molar-refractivity contribution < 1.29 is 18.5 Å². The number of hydrogen-bond acceptors (Lipinski definition) is 3. The van der Waals surface area contributed by atoms with E-state index in [0.29, 0.717) is 16.9 Å². The SMILES string of the molecule is Cc1ccc[n+](C2=C(c3c(C)[nH]n(-c4cccc(C)c4C)c3=O)C(=O)N(Cc3ccc(F)cc3)C2=O)c1. The molecule has 7 nitrogen and oxygen atoms in total. The van der Waals surface area contributed by atoms with Gasteiger partial charge in [0.15, 0.2) is 12.4 Å². The van der Waals surface area contributed by atoms with Crippen molar-refractivity contribution in [3.63, 3.8) is 0 Å². The summed E-state index contributed by atoms with van der Waals surface area (Å²) in [5, 5.41) is 3.10. The zero-order valence-electron chi connectivity index (χ0n) is 21.0. The van der Waals surface area contributed by atoms with Crippen LogP contribution in [0.3, 0.4) is 0 Å². The number of H-pyrrole nitrogens is 1. The van der Waals surface area contributed by atoms with Gasteiger partial charge in [-0.3, -0.25) is 24.4 Å². The van der Waals surface area contributed by atoms with E-state index in [0.717, 1.165) is 21.6 Å². The Labute approximate surface area is 213 Å². The predicted molar refractivity (Wildman–Crippen MR) is 137 cm³/mol. The van der Waals surface area contributed by atoms with Crippen LogP contribution in [0.2, 0.25) is 0 Å². The minimum atomic E-state index is -0.578.